The lowest BCUT2D eigenvalue weighted by atomic mass is 9.97. The van der Waals surface area contributed by atoms with Crippen LogP contribution in [0.15, 0.2) is 29.0 Å². The molecule has 142 valence electrons. The zero-order valence-electron chi connectivity index (χ0n) is 16.1. The molecule has 1 saturated heterocycles. The monoisotopic (exact) mass is 366 g/mol. The summed E-state index contributed by atoms with van der Waals surface area (Å²) >= 11 is 0. The van der Waals surface area contributed by atoms with Crippen LogP contribution in [0, 0.1) is 0 Å². The maximum atomic E-state index is 6.44. The lowest BCUT2D eigenvalue weighted by molar-refractivity contribution is 0.311. The number of aromatic nitrogens is 3. The van der Waals surface area contributed by atoms with Crippen LogP contribution in [0.3, 0.4) is 0 Å². The first-order valence-electron chi connectivity index (χ1n) is 9.43. The number of anilines is 2. The summed E-state index contributed by atoms with van der Waals surface area (Å²) in [6.45, 7) is 8.06. The summed E-state index contributed by atoms with van der Waals surface area (Å²) in [4.78, 5) is 18.7. The van der Waals surface area contributed by atoms with Crippen molar-refractivity contribution >= 4 is 22.7 Å². The van der Waals surface area contributed by atoms with Crippen LogP contribution in [0.1, 0.15) is 36.8 Å². The van der Waals surface area contributed by atoms with Crippen LogP contribution in [-0.2, 0) is 6.42 Å². The molecule has 4 rings (SSSR count). The molecule has 7 nitrogen and oxygen atoms in total. The van der Waals surface area contributed by atoms with Gasteiger partial charge in [-0.2, -0.15) is 4.98 Å². The van der Waals surface area contributed by atoms with Crippen LogP contribution in [-0.4, -0.2) is 53.1 Å². The quantitative estimate of drug-likeness (QED) is 0.760. The van der Waals surface area contributed by atoms with Gasteiger partial charge in [0.05, 0.1) is 18.0 Å². The number of hydrogen-bond donors (Lipinski definition) is 1. The highest BCUT2D eigenvalue weighted by Crippen LogP contribution is 2.31. The lowest BCUT2D eigenvalue weighted by Crippen LogP contribution is -2.45. The van der Waals surface area contributed by atoms with Crippen molar-refractivity contribution in [2.45, 2.75) is 26.2 Å². The molecule has 0 unspecified atom stereocenters. The largest absolute Gasteiger partial charge is 0.469 e. The van der Waals surface area contributed by atoms with E-state index in [2.05, 4.69) is 35.7 Å². The highest BCUT2D eigenvalue weighted by atomic mass is 16.3. The van der Waals surface area contributed by atoms with E-state index >= 15 is 0 Å². The van der Waals surface area contributed by atoms with Crippen molar-refractivity contribution < 1.29 is 4.42 Å². The molecule has 0 aromatic carbocycles. The van der Waals surface area contributed by atoms with Crippen LogP contribution in [0.4, 0.5) is 11.8 Å². The molecule has 1 aliphatic heterocycles. The number of furan rings is 1. The SMILES string of the molecule is CC(C)c1ncc2nc(N3CCN(C)CC3)nc(N)c2c1Cc1ccco1. The Kier molecular flexibility index (Phi) is 4.70. The summed E-state index contributed by atoms with van der Waals surface area (Å²) in [5.74, 6) is 2.36. The minimum Gasteiger partial charge on any atom is -0.469 e. The molecule has 4 heterocycles. The van der Waals surface area contributed by atoms with E-state index in [1.165, 1.54) is 0 Å². The van der Waals surface area contributed by atoms with Crippen LogP contribution >= 0.6 is 0 Å². The van der Waals surface area contributed by atoms with Crippen molar-refractivity contribution in [1.82, 2.24) is 19.9 Å². The molecule has 0 spiro atoms. The van der Waals surface area contributed by atoms with Gasteiger partial charge in [-0.05, 0) is 30.7 Å². The van der Waals surface area contributed by atoms with Gasteiger partial charge in [0.15, 0.2) is 0 Å². The molecule has 0 atom stereocenters. The first-order chi connectivity index (χ1) is 13.0. The molecule has 1 aliphatic rings. The van der Waals surface area contributed by atoms with E-state index in [4.69, 9.17) is 20.1 Å². The first kappa shape index (κ1) is 17.7. The fourth-order valence-corrected chi connectivity index (χ4v) is 3.63. The van der Waals surface area contributed by atoms with E-state index in [9.17, 15) is 0 Å². The summed E-state index contributed by atoms with van der Waals surface area (Å²) < 4.78 is 5.57. The van der Waals surface area contributed by atoms with Crippen LogP contribution in [0.5, 0.6) is 0 Å². The molecule has 0 amide bonds. The zero-order valence-corrected chi connectivity index (χ0v) is 16.1. The Morgan fingerprint density at radius 2 is 1.96 bits per heavy atom. The molecule has 7 heteroatoms. The fourth-order valence-electron chi connectivity index (χ4n) is 3.63. The number of nitrogens with zero attached hydrogens (tertiary/aromatic N) is 5. The average molecular weight is 366 g/mol. The topological polar surface area (TPSA) is 84.3 Å². The number of likely N-dealkylation sites (N-methyl/N-ethyl adjacent to an activating group) is 1. The second kappa shape index (κ2) is 7.15. The van der Waals surface area contributed by atoms with Gasteiger partial charge in [0, 0.05) is 43.7 Å². The Balaban J connectivity index is 1.80. The Labute approximate surface area is 159 Å². The normalized spacial score (nSPS) is 15.8. The minimum absolute atomic E-state index is 0.274. The molecule has 0 radical (unpaired) electrons. The first-order valence-corrected chi connectivity index (χ1v) is 9.43. The Bertz CT molecular complexity index is 929. The van der Waals surface area contributed by atoms with Gasteiger partial charge in [0.2, 0.25) is 5.95 Å². The maximum absolute atomic E-state index is 6.44. The average Bonchev–Trinajstić information content (AvgIpc) is 3.15. The summed E-state index contributed by atoms with van der Waals surface area (Å²) in [5, 5.41) is 0.892. The summed E-state index contributed by atoms with van der Waals surface area (Å²) in [7, 11) is 2.13. The number of nitrogens with two attached hydrogens (primary N) is 1. The molecule has 27 heavy (non-hydrogen) atoms. The number of nitrogen functional groups attached to an aromatic ring is 1. The van der Waals surface area contributed by atoms with Crippen molar-refractivity contribution in [2.75, 3.05) is 43.9 Å². The van der Waals surface area contributed by atoms with Crippen molar-refractivity contribution in [3.05, 3.63) is 41.6 Å². The summed E-state index contributed by atoms with van der Waals surface area (Å²) in [6.07, 6.45) is 4.15. The van der Waals surface area contributed by atoms with E-state index in [-0.39, 0.29) is 5.92 Å². The molecule has 3 aromatic heterocycles. The number of fused-ring (bicyclic) bond motifs is 1. The molecule has 1 fully saturated rings. The van der Waals surface area contributed by atoms with E-state index in [0.29, 0.717) is 18.2 Å². The second-order valence-electron chi connectivity index (χ2n) is 7.49. The third kappa shape index (κ3) is 3.47. The third-order valence-electron chi connectivity index (χ3n) is 5.15. The molecule has 0 bridgehead atoms. The molecular weight excluding hydrogens is 340 g/mol. The zero-order chi connectivity index (χ0) is 19.0. The number of rotatable bonds is 4. The van der Waals surface area contributed by atoms with E-state index in [0.717, 1.165) is 54.1 Å². The lowest BCUT2D eigenvalue weighted by Gasteiger charge is -2.32. The van der Waals surface area contributed by atoms with Crippen molar-refractivity contribution in [1.29, 1.82) is 0 Å². The highest BCUT2D eigenvalue weighted by molar-refractivity contribution is 5.92. The molecular formula is C20H26N6O. The van der Waals surface area contributed by atoms with Crippen LogP contribution in [0.2, 0.25) is 0 Å². The van der Waals surface area contributed by atoms with Gasteiger partial charge in [-0.1, -0.05) is 13.8 Å². The number of pyridine rings is 1. The van der Waals surface area contributed by atoms with Crippen molar-refractivity contribution in [3.63, 3.8) is 0 Å². The van der Waals surface area contributed by atoms with Gasteiger partial charge >= 0.3 is 0 Å². The van der Waals surface area contributed by atoms with Gasteiger partial charge in [-0.25, -0.2) is 4.98 Å². The maximum Gasteiger partial charge on any atom is 0.228 e. The summed E-state index contributed by atoms with van der Waals surface area (Å²) in [6, 6.07) is 3.87. The van der Waals surface area contributed by atoms with Gasteiger partial charge in [-0.3, -0.25) is 4.98 Å². The van der Waals surface area contributed by atoms with Gasteiger partial charge < -0.3 is 20.0 Å². The van der Waals surface area contributed by atoms with Crippen molar-refractivity contribution in [3.8, 4) is 0 Å². The van der Waals surface area contributed by atoms with Crippen molar-refractivity contribution in [2.24, 2.45) is 0 Å². The fraction of sp³-hybridized carbons (Fsp3) is 0.450. The van der Waals surface area contributed by atoms with Crippen LogP contribution in [0.25, 0.3) is 10.9 Å². The summed E-state index contributed by atoms with van der Waals surface area (Å²) in [5.41, 5.74) is 9.31. The molecule has 3 aromatic rings. The van der Waals surface area contributed by atoms with Gasteiger partial charge in [0.1, 0.15) is 11.6 Å². The smallest absolute Gasteiger partial charge is 0.228 e. The van der Waals surface area contributed by atoms with Gasteiger partial charge in [0.25, 0.3) is 0 Å². The second-order valence-corrected chi connectivity index (χ2v) is 7.49. The van der Waals surface area contributed by atoms with Gasteiger partial charge in [-0.15, -0.1) is 0 Å². The standard InChI is InChI=1S/C20H26N6O/c1-13(2)18-15(11-14-5-4-10-27-14)17-16(12-22-18)23-20(24-19(17)21)26-8-6-25(3)7-9-26/h4-5,10,12-13H,6-9,11H2,1-3H3,(H2,21,23,24). The number of hydrogen-bond acceptors (Lipinski definition) is 7. The predicted octanol–water partition coefficient (Wildman–Crippen LogP) is 2.67. The van der Waals surface area contributed by atoms with E-state index in [1.54, 1.807) is 6.26 Å². The Morgan fingerprint density at radius 3 is 2.63 bits per heavy atom. The molecule has 0 aliphatic carbocycles. The van der Waals surface area contributed by atoms with E-state index in [1.807, 2.05) is 18.3 Å². The third-order valence-corrected chi connectivity index (χ3v) is 5.15. The predicted molar refractivity (Wildman–Crippen MR) is 107 cm³/mol. The molecule has 0 saturated carbocycles. The number of piperazine rings is 1. The Hall–Kier alpha value is -2.67. The van der Waals surface area contributed by atoms with E-state index < -0.39 is 0 Å². The minimum atomic E-state index is 0.274. The highest BCUT2D eigenvalue weighted by Gasteiger charge is 2.21. The molecule has 2 N–H and O–H groups in total. The van der Waals surface area contributed by atoms with Crippen LogP contribution < -0.4 is 10.6 Å². The Morgan fingerprint density at radius 1 is 1.19 bits per heavy atom.